The fourth-order valence-corrected chi connectivity index (χ4v) is 9.89. The van der Waals surface area contributed by atoms with Crippen molar-refractivity contribution in [3.05, 3.63) is 41.5 Å². The van der Waals surface area contributed by atoms with Gasteiger partial charge in [-0.05, 0) is 128 Å². The maximum atomic E-state index is 8.66. The first-order valence-corrected chi connectivity index (χ1v) is 16.5. The quantitative estimate of drug-likeness (QED) is 0.0983. The zero-order valence-electron chi connectivity index (χ0n) is 25.9. The average Bonchev–Trinajstić information content (AvgIpc) is 3.29. The highest BCUT2D eigenvalue weighted by Crippen LogP contribution is 2.67. The van der Waals surface area contributed by atoms with Crippen molar-refractivity contribution in [1.82, 2.24) is 0 Å². The Morgan fingerprint density at radius 1 is 0.975 bits per heavy atom. The molecule has 3 fully saturated rings. The normalized spacial score (nSPS) is 36.1. The van der Waals surface area contributed by atoms with E-state index in [0.717, 1.165) is 53.2 Å². The lowest BCUT2D eigenvalue weighted by Gasteiger charge is -2.58. The number of fused-ring (bicyclic) bond motifs is 5. The van der Waals surface area contributed by atoms with Crippen molar-refractivity contribution in [2.24, 2.45) is 51.5 Å². The van der Waals surface area contributed by atoms with Gasteiger partial charge in [0, 0.05) is 0 Å². The van der Waals surface area contributed by atoms with Gasteiger partial charge in [0.05, 0.1) is 18.9 Å². The third kappa shape index (κ3) is 6.03. The molecule has 8 atom stereocenters. The average molecular weight is 550 g/mol. The number of ether oxygens (including phenoxy) is 2. The van der Waals surface area contributed by atoms with E-state index in [9.17, 15) is 0 Å². The monoisotopic (exact) mass is 549 g/mol. The molecule has 4 aliphatic rings. The SMILES string of the molecule is CC(C)CCC[C@@H](C)[C@H]1CC[C@H]2[C@@H]3CC=C4C[C@@H](OCCOc5ccc(/C=N/O)cc5)CC[C@]4(C)[C@H]3CC[C@]12C. The third-order valence-electron chi connectivity index (χ3n) is 12.1. The summed E-state index contributed by atoms with van der Waals surface area (Å²) in [7, 11) is 0. The van der Waals surface area contributed by atoms with Gasteiger partial charge in [0.1, 0.15) is 12.4 Å². The Bertz CT molecular complexity index is 1030. The van der Waals surface area contributed by atoms with Crippen LogP contribution in [0.2, 0.25) is 0 Å². The highest BCUT2D eigenvalue weighted by atomic mass is 16.5. The van der Waals surface area contributed by atoms with Crippen LogP contribution >= 0.6 is 0 Å². The molecule has 5 rings (SSSR count). The number of hydrogen-bond donors (Lipinski definition) is 1. The van der Waals surface area contributed by atoms with E-state index in [-0.39, 0.29) is 0 Å². The second-order valence-corrected chi connectivity index (χ2v) is 14.7. The van der Waals surface area contributed by atoms with Crippen molar-refractivity contribution >= 4 is 6.21 Å². The van der Waals surface area contributed by atoms with Crippen molar-refractivity contribution in [1.29, 1.82) is 0 Å². The first-order valence-electron chi connectivity index (χ1n) is 16.5. The molecule has 0 saturated heterocycles. The van der Waals surface area contributed by atoms with Gasteiger partial charge in [-0.25, -0.2) is 0 Å². The van der Waals surface area contributed by atoms with E-state index in [1.54, 1.807) is 5.57 Å². The molecule has 0 bridgehead atoms. The van der Waals surface area contributed by atoms with Crippen LogP contribution < -0.4 is 4.74 Å². The van der Waals surface area contributed by atoms with Crippen LogP contribution in [-0.4, -0.2) is 30.7 Å². The Morgan fingerprint density at radius 2 is 1.77 bits per heavy atom. The predicted molar refractivity (Wildman–Crippen MR) is 164 cm³/mol. The number of nitrogens with zero attached hydrogens (tertiary/aromatic N) is 1. The molecular formula is C36H55NO3. The Hall–Kier alpha value is -1.81. The smallest absolute Gasteiger partial charge is 0.119 e. The van der Waals surface area contributed by atoms with Gasteiger partial charge < -0.3 is 14.7 Å². The lowest BCUT2D eigenvalue weighted by Crippen LogP contribution is -2.51. The first-order chi connectivity index (χ1) is 19.2. The first kappa shape index (κ1) is 29.7. The molecule has 0 heterocycles. The van der Waals surface area contributed by atoms with Crippen LogP contribution in [0, 0.1) is 46.3 Å². The van der Waals surface area contributed by atoms with Gasteiger partial charge in [0.25, 0.3) is 0 Å². The van der Waals surface area contributed by atoms with Gasteiger partial charge >= 0.3 is 0 Å². The Balaban J connectivity index is 1.14. The molecule has 1 aromatic carbocycles. The highest BCUT2D eigenvalue weighted by molar-refractivity contribution is 5.79. The number of allylic oxidation sites excluding steroid dienone is 1. The van der Waals surface area contributed by atoms with Gasteiger partial charge in [-0.2, -0.15) is 0 Å². The molecule has 0 spiro atoms. The van der Waals surface area contributed by atoms with E-state index in [4.69, 9.17) is 14.7 Å². The van der Waals surface area contributed by atoms with Gasteiger partial charge in [-0.1, -0.05) is 70.7 Å². The largest absolute Gasteiger partial charge is 0.491 e. The summed E-state index contributed by atoms with van der Waals surface area (Å²) in [6, 6.07) is 7.58. The number of benzene rings is 1. The number of hydrogen-bond acceptors (Lipinski definition) is 4. The molecule has 0 aromatic heterocycles. The lowest BCUT2D eigenvalue weighted by molar-refractivity contribution is -0.0653. The van der Waals surface area contributed by atoms with Crippen LogP contribution in [0.1, 0.15) is 111 Å². The summed E-state index contributed by atoms with van der Waals surface area (Å²) >= 11 is 0. The Labute approximate surface area is 244 Å². The minimum absolute atomic E-state index is 0.319. The summed E-state index contributed by atoms with van der Waals surface area (Å²) in [6.45, 7) is 13.8. The van der Waals surface area contributed by atoms with Crippen molar-refractivity contribution in [2.75, 3.05) is 13.2 Å². The predicted octanol–water partition coefficient (Wildman–Crippen LogP) is 9.30. The zero-order chi connectivity index (χ0) is 28.3. The maximum absolute atomic E-state index is 8.66. The standard InChI is InChI=1S/C36H55NO3/c1-25(2)7-6-8-26(3)32-15-16-33-31-14-11-28-23-30(17-19-35(28,4)34(31)18-20-36(32,33)5)40-22-21-39-29-12-9-27(10-13-29)24-37-38/h9-13,24-26,30-34,38H,6-8,14-23H2,1-5H3/b37-24+/t26-,30+,31+,32-,33+,34+,35+,36-/m1/s1. The minimum Gasteiger partial charge on any atom is -0.491 e. The van der Waals surface area contributed by atoms with Gasteiger partial charge in [0.2, 0.25) is 0 Å². The second-order valence-electron chi connectivity index (χ2n) is 14.7. The highest BCUT2D eigenvalue weighted by Gasteiger charge is 2.59. The van der Waals surface area contributed by atoms with Crippen molar-refractivity contribution in [3.8, 4) is 5.75 Å². The molecular weight excluding hydrogens is 494 g/mol. The fourth-order valence-electron chi connectivity index (χ4n) is 9.89. The molecule has 4 aliphatic carbocycles. The summed E-state index contributed by atoms with van der Waals surface area (Å²) in [5.74, 6) is 6.15. The number of rotatable bonds is 11. The molecule has 4 heteroatoms. The third-order valence-corrected chi connectivity index (χ3v) is 12.1. The maximum Gasteiger partial charge on any atom is 0.119 e. The topological polar surface area (TPSA) is 51.0 Å². The molecule has 222 valence electrons. The van der Waals surface area contributed by atoms with E-state index in [0.29, 0.717) is 30.1 Å². The Morgan fingerprint density at radius 3 is 2.52 bits per heavy atom. The molecule has 0 unspecified atom stereocenters. The van der Waals surface area contributed by atoms with Crippen LogP contribution in [0.25, 0.3) is 0 Å². The van der Waals surface area contributed by atoms with E-state index in [2.05, 4.69) is 45.9 Å². The molecule has 4 nitrogen and oxygen atoms in total. The van der Waals surface area contributed by atoms with E-state index in [1.807, 2.05) is 24.3 Å². The van der Waals surface area contributed by atoms with Crippen molar-refractivity contribution in [3.63, 3.8) is 0 Å². The minimum atomic E-state index is 0.319. The van der Waals surface area contributed by atoms with Crippen LogP contribution in [-0.2, 0) is 4.74 Å². The molecule has 1 aromatic rings. The summed E-state index contributed by atoms with van der Waals surface area (Å²) in [5.41, 5.74) is 3.49. The van der Waals surface area contributed by atoms with E-state index < -0.39 is 0 Å². The van der Waals surface area contributed by atoms with Crippen LogP contribution in [0.15, 0.2) is 41.1 Å². The summed E-state index contributed by atoms with van der Waals surface area (Å²) in [4.78, 5) is 0. The number of oxime groups is 1. The van der Waals surface area contributed by atoms with Crippen molar-refractivity contribution < 1.29 is 14.7 Å². The fraction of sp³-hybridized carbons (Fsp3) is 0.750. The summed E-state index contributed by atoms with van der Waals surface area (Å²) in [6.07, 6.45) is 19.3. The summed E-state index contributed by atoms with van der Waals surface area (Å²) < 4.78 is 12.2. The van der Waals surface area contributed by atoms with Crippen molar-refractivity contribution in [2.45, 2.75) is 111 Å². The molecule has 1 N–H and O–H groups in total. The van der Waals surface area contributed by atoms with Gasteiger partial charge in [-0.15, -0.1) is 0 Å². The molecule has 3 saturated carbocycles. The molecule has 0 aliphatic heterocycles. The Kier molecular flexibility index (Phi) is 9.34. The summed E-state index contributed by atoms with van der Waals surface area (Å²) in [5, 5.41) is 11.7. The van der Waals surface area contributed by atoms with Gasteiger partial charge in [-0.3, -0.25) is 0 Å². The molecule has 0 radical (unpaired) electrons. The van der Waals surface area contributed by atoms with E-state index in [1.165, 1.54) is 70.4 Å². The van der Waals surface area contributed by atoms with Crippen LogP contribution in [0.5, 0.6) is 5.75 Å². The molecule has 0 amide bonds. The van der Waals surface area contributed by atoms with Crippen LogP contribution in [0.4, 0.5) is 0 Å². The van der Waals surface area contributed by atoms with Crippen LogP contribution in [0.3, 0.4) is 0 Å². The molecule has 40 heavy (non-hydrogen) atoms. The zero-order valence-corrected chi connectivity index (χ0v) is 25.9. The second kappa shape index (κ2) is 12.6. The van der Waals surface area contributed by atoms with E-state index >= 15 is 0 Å². The van der Waals surface area contributed by atoms with Gasteiger partial charge in [0.15, 0.2) is 0 Å². The lowest BCUT2D eigenvalue weighted by atomic mass is 9.47.